The Kier molecular flexibility index (Phi) is 5.32. The van der Waals surface area contributed by atoms with Crippen molar-refractivity contribution in [2.45, 2.75) is 6.92 Å². The molecule has 0 spiro atoms. The number of likely N-dealkylation sites (N-methyl/N-ethyl adjacent to an activating group) is 1. The summed E-state index contributed by atoms with van der Waals surface area (Å²) in [6.45, 7) is 4.51. The molecule has 0 radical (unpaired) electrons. The highest BCUT2D eigenvalue weighted by atomic mass is 16.5. The zero-order valence-corrected chi connectivity index (χ0v) is 9.76. The average Bonchev–Trinajstić information content (AvgIpc) is 2.29. The van der Waals surface area contributed by atoms with E-state index < -0.39 is 7.12 Å². The van der Waals surface area contributed by atoms with E-state index in [4.69, 9.17) is 14.8 Å². The van der Waals surface area contributed by atoms with E-state index in [1.807, 2.05) is 7.05 Å². The van der Waals surface area contributed by atoms with Gasteiger partial charge >= 0.3 is 7.12 Å². The highest BCUT2D eigenvalue weighted by Crippen LogP contribution is 2.07. The van der Waals surface area contributed by atoms with Crippen molar-refractivity contribution >= 4 is 12.6 Å². The van der Waals surface area contributed by atoms with Crippen LogP contribution in [0.1, 0.15) is 6.92 Å². The smallest absolute Gasteiger partial charge is 0.488 e. The third-order valence-corrected chi connectivity index (χ3v) is 2.44. The first-order valence-electron chi connectivity index (χ1n) is 5.41. The molecule has 1 rings (SSSR count). The maximum absolute atomic E-state index is 8.99. The van der Waals surface area contributed by atoms with Crippen LogP contribution < -0.4 is 10.2 Å². The molecule has 0 saturated carbocycles. The van der Waals surface area contributed by atoms with Crippen molar-refractivity contribution in [3.63, 3.8) is 0 Å². The van der Waals surface area contributed by atoms with Crippen LogP contribution in [0.4, 0.5) is 0 Å². The quantitative estimate of drug-likeness (QED) is 0.650. The van der Waals surface area contributed by atoms with Crippen molar-refractivity contribution < 1.29 is 14.8 Å². The average molecular weight is 223 g/mol. The molecule has 88 valence electrons. The van der Waals surface area contributed by atoms with Gasteiger partial charge in [0.1, 0.15) is 12.4 Å². The van der Waals surface area contributed by atoms with E-state index in [9.17, 15) is 0 Å². The maximum Gasteiger partial charge on any atom is 0.488 e. The highest BCUT2D eigenvalue weighted by Gasteiger charge is 2.10. The largest absolute Gasteiger partial charge is 0.492 e. The molecule has 1 aromatic carbocycles. The van der Waals surface area contributed by atoms with Gasteiger partial charge < -0.3 is 19.7 Å². The van der Waals surface area contributed by atoms with Crippen molar-refractivity contribution in [3.05, 3.63) is 24.3 Å². The van der Waals surface area contributed by atoms with Crippen molar-refractivity contribution in [2.24, 2.45) is 0 Å². The minimum Gasteiger partial charge on any atom is -0.492 e. The summed E-state index contributed by atoms with van der Waals surface area (Å²) in [5, 5.41) is 18.0. The third kappa shape index (κ3) is 4.22. The molecule has 16 heavy (non-hydrogen) atoms. The van der Waals surface area contributed by atoms with Gasteiger partial charge in [0, 0.05) is 6.54 Å². The van der Waals surface area contributed by atoms with Gasteiger partial charge in [-0.05, 0) is 31.2 Å². The number of ether oxygens (including phenoxy) is 1. The summed E-state index contributed by atoms with van der Waals surface area (Å²) in [6, 6.07) is 6.83. The Hall–Kier alpha value is -1.04. The number of rotatable bonds is 6. The maximum atomic E-state index is 8.99. The van der Waals surface area contributed by atoms with Crippen molar-refractivity contribution in [3.8, 4) is 5.75 Å². The lowest BCUT2D eigenvalue weighted by Gasteiger charge is -2.14. The molecule has 0 saturated heterocycles. The predicted molar refractivity (Wildman–Crippen MR) is 64.9 cm³/mol. The van der Waals surface area contributed by atoms with Gasteiger partial charge in [-0.2, -0.15) is 0 Å². The molecule has 5 heteroatoms. The topological polar surface area (TPSA) is 52.9 Å². The van der Waals surface area contributed by atoms with Crippen molar-refractivity contribution in [2.75, 3.05) is 26.7 Å². The number of hydrogen-bond acceptors (Lipinski definition) is 4. The second-order valence-electron chi connectivity index (χ2n) is 3.69. The number of nitrogens with zero attached hydrogens (tertiary/aromatic N) is 1. The molecule has 1 aromatic rings. The van der Waals surface area contributed by atoms with Crippen LogP contribution in [0.3, 0.4) is 0 Å². The SMILES string of the molecule is CCN(C)CCOc1cccc(B(O)O)c1. The third-order valence-electron chi connectivity index (χ3n) is 2.44. The van der Waals surface area contributed by atoms with Crippen molar-refractivity contribution in [1.82, 2.24) is 4.90 Å². The first kappa shape index (κ1) is 13.0. The number of benzene rings is 1. The van der Waals surface area contributed by atoms with Crippen molar-refractivity contribution in [1.29, 1.82) is 0 Å². The van der Waals surface area contributed by atoms with Crippen LogP contribution >= 0.6 is 0 Å². The lowest BCUT2D eigenvalue weighted by atomic mass is 9.80. The fraction of sp³-hybridized carbons (Fsp3) is 0.455. The lowest BCUT2D eigenvalue weighted by molar-refractivity contribution is 0.244. The van der Waals surface area contributed by atoms with Crippen LogP contribution in [-0.2, 0) is 0 Å². The van der Waals surface area contributed by atoms with Gasteiger partial charge in [0.05, 0.1) is 0 Å². The molecular weight excluding hydrogens is 205 g/mol. The standard InChI is InChI=1S/C11H18BNO3/c1-3-13(2)7-8-16-11-6-4-5-10(9-11)12(14)15/h4-6,9,14-15H,3,7-8H2,1-2H3. The molecule has 0 atom stereocenters. The zero-order chi connectivity index (χ0) is 12.0. The Morgan fingerprint density at radius 2 is 2.12 bits per heavy atom. The monoisotopic (exact) mass is 223 g/mol. The molecule has 0 bridgehead atoms. The minimum atomic E-state index is -1.44. The van der Waals surface area contributed by atoms with E-state index in [1.54, 1.807) is 24.3 Å². The molecule has 0 heterocycles. The molecular formula is C11H18BNO3. The summed E-state index contributed by atoms with van der Waals surface area (Å²) < 4.78 is 5.51. The van der Waals surface area contributed by atoms with Gasteiger partial charge in [0.15, 0.2) is 0 Å². The van der Waals surface area contributed by atoms with Gasteiger partial charge in [0.25, 0.3) is 0 Å². The molecule has 0 aliphatic heterocycles. The Labute approximate surface area is 96.6 Å². The van der Waals surface area contributed by atoms with Gasteiger partial charge in [-0.3, -0.25) is 0 Å². The zero-order valence-electron chi connectivity index (χ0n) is 9.76. The fourth-order valence-electron chi connectivity index (χ4n) is 1.24. The van der Waals surface area contributed by atoms with E-state index in [0.29, 0.717) is 17.8 Å². The summed E-state index contributed by atoms with van der Waals surface area (Å²) in [5.41, 5.74) is 0.446. The first-order chi connectivity index (χ1) is 7.63. The molecule has 0 amide bonds. The van der Waals surface area contributed by atoms with Crippen LogP contribution in [0.2, 0.25) is 0 Å². The Morgan fingerprint density at radius 3 is 2.75 bits per heavy atom. The van der Waals surface area contributed by atoms with Crippen LogP contribution in [0.5, 0.6) is 5.75 Å². The summed E-state index contributed by atoms with van der Waals surface area (Å²) >= 11 is 0. The highest BCUT2D eigenvalue weighted by molar-refractivity contribution is 6.58. The molecule has 2 N–H and O–H groups in total. The molecule has 0 fully saturated rings. The van der Waals surface area contributed by atoms with Crippen LogP contribution in [0.15, 0.2) is 24.3 Å². The van der Waals surface area contributed by atoms with E-state index in [2.05, 4.69) is 11.8 Å². The molecule has 0 aliphatic rings. The predicted octanol–water partition coefficient (Wildman–Crippen LogP) is -0.303. The minimum absolute atomic E-state index is 0.446. The second kappa shape index (κ2) is 6.53. The summed E-state index contributed by atoms with van der Waals surface area (Å²) in [6.07, 6.45) is 0. The lowest BCUT2D eigenvalue weighted by Crippen LogP contribution is -2.29. The van der Waals surface area contributed by atoms with E-state index in [1.165, 1.54) is 0 Å². The van der Waals surface area contributed by atoms with E-state index >= 15 is 0 Å². The van der Waals surface area contributed by atoms with E-state index in [-0.39, 0.29) is 0 Å². The molecule has 4 nitrogen and oxygen atoms in total. The molecule has 0 unspecified atom stereocenters. The normalized spacial score (nSPS) is 10.6. The molecule has 0 aromatic heterocycles. The van der Waals surface area contributed by atoms with Crippen LogP contribution in [0, 0.1) is 0 Å². The van der Waals surface area contributed by atoms with E-state index in [0.717, 1.165) is 13.1 Å². The van der Waals surface area contributed by atoms with Gasteiger partial charge in [-0.1, -0.05) is 19.1 Å². The Balaban J connectivity index is 2.45. The number of hydrogen-bond donors (Lipinski definition) is 2. The van der Waals surface area contributed by atoms with Gasteiger partial charge in [-0.25, -0.2) is 0 Å². The Morgan fingerprint density at radius 1 is 1.38 bits per heavy atom. The first-order valence-corrected chi connectivity index (χ1v) is 5.41. The van der Waals surface area contributed by atoms with Gasteiger partial charge in [0.2, 0.25) is 0 Å². The summed E-state index contributed by atoms with van der Waals surface area (Å²) in [5.74, 6) is 0.662. The Bertz CT molecular complexity index is 320. The molecule has 0 aliphatic carbocycles. The summed E-state index contributed by atoms with van der Waals surface area (Å²) in [7, 11) is 0.582. The van der Waals surface area contributed by atoms with Crippen LogP contribution in [0.25, 0.3) is 0 Å². The fourth-order valence-corrected chi connectivity index (χ4v) is 1.24. The summed E-state index contributed by atoms with van der Waals surface area (Å²) in [4.78, 5) is 2.14. The van der Waals surface area contributed by atoms with Crippen LogP contribution in [-0.4, -0.2) is 48.8 Å². The van der Waals surface area contributed by atoms with Gasteiger partial charge in [-0.15, -0.1) is 0 Å². The second-order valence-corrected chi connectivity index (χ2v) is 3.69.